The van der Waals surface area contributed by atoms with Gasteiger partial charge in [0, 0.05) is 6.42 Å². The van der Waals surface area contributed by atoms with Crippen LogP contribution < -0.4 is 0 Å². The zero-order chi connectivity index (χ0) is 14.5. The van der Waals surface area contributed by atoms with E-state index in [9.17, 15) is 19.5 Å². The number of fused-ring (bicyclic) bond motifs is 1. The van der Waals surface area contributed by atoms with Crippen molar-refractivity contribution in [2.75, 3.05) is 13.2 Å². The number of ether oxygens (including phenoxy) is 2. The van der Waals surface area contributed by atoms with Crippen molar-refractivity contribution in [3.8, 4) is 0 Å². The first-order valence-corrected chi connectivity index (χ1v) is 6.40. The first kappa shape index (κ1) is 14.0. The van der Waals surface area contributed by atoms with E-state index in [1.54, 1.807) is 13.8 Å². The number of carbonyl (C=O) groups excluding carboxylic acids is 3. The van der Waals surface area contributed by atoms with Gasteiger partial charge in [0.05, 0.1) is 18.8 Å². The molecule has 0 heterocycles. The summed E-state index contributed by atoms with van der Waals surface area (Å²) in [4.78, 5) is 36.3. The Morgan fingerprint density at radius 2 is 1.74 bits per heavy atom. The van der Waals surface area contributed by atoms with Crippen LogP contribution in [0.5, 0.6) is 0 Å². The zero-order valence-corrected chi connectivity index (χ0v) is 11.3. The van der Waals surface area contributed by atoms with Gasteiger partial charge in [-0.15, -0.1) is 0 Å². The molecule has 3 unspecified atom stereocenters. The number of ketones is 1. The summed E-state index contributed by atoms with van der Waals surface area (Å²) in [6.07, 6.45) is -0.256. The average molecular weight is 270 g/mol. The molecule has 1 N–H and O–H groups in total. The molecule has 6 heteroatoms. The Kier molecular flexibility index (Phi) is 2.97. The summed E-state index contributed by atoms with van der Waals surface area (Å²) < 4.78 is 9.86. The minimum absolute atomic E-state index is 0.0243. The van der Waals surface area contributed by atoms with Crippen molar-refractivity contribution in [2.45, 2.75) is 39.2 Å². The smallest absolute Gasteiger partial charge is 0.320 e. The van der Waals surface area contributed by atoms with E-state index in [0.717, 1.165) is 0 Å². The number of rotatable bonds is 4. The quantitative estimate of drug-likeness (QED) is 0.580. The minimum atomic E-state index is -1.57. The third-order valence-electron chi connectivity index (χ3n) is 4.28. The lowest BCUT2D eigenvalue weighted by molar-refractivity contribution is -0.167. The van der Waals surface area contributed by atoms with E-state index in [-0.39, 0.29) is 26.1 Å². The molecule has 0 aromatic carbocycles. The number of aliphatic hydroxyl groups is 1. The third-order valence-corrected chi connectivity index (χ3v) is 4.28. The molecule has 0 amide bonds. The predicted molar refractivity (Wildman–Crippen MR) is 63.0 cm³/mol. The van der Waals surface area contributed by atoms with Gasteiger partial charge < -0.3 is 14.6 Å². The molecule has 0 aliphatic heterocycles. The highest BCUT2D eigenvalue weighted by atomic mass is 16.5. The summed E-state index contributed by atoms with van der Waals surface area (Å²) >= 11 is 0. The molecule has 3 atom stereocenters. The van der Waals surface area contributed by atoms with Gasteiger partial charge in [0.15, 0.2) is 5.78 Å². The number of esters is 2. The van der Waals surface area contributed by atoms with Gasteiger partial charge in [0.2, 0.25) is 0 Å². The van der Waals surface area contributed by atoms with Crippen molar-refractivity contribution < 1.29 is 29.0 Å². The average Bonchev–Trinajstić information content (AvgIpc) is 2.98. The van der Waals surface area contributed by atoms with Gasteiger partial charge in [-0.3, -0.25) is 14.4 Å². The maximum atomic E-state index is 12.1. The molecule has 106 valence electrons. The van der Waals surface area contributed by atoms with Gasteiger partial charge in [-0.25, -0.2) is 0 Å². The molecular weight excluding hydrogens is 252 g/mol. The molecular formula is C13H18O6. The zero-order valence-electron chi connectivity index (χ0n) is 11.3. The molecule has 2 aliphatic carbocycles. The first-order valence-electron chi connectivity index (χ1n) is 6.40. The number of carbonyl (C=O) groups is 3. The van der Waals surface area contributed by atoms with Crippen LogP contribution in [-0.2, 0) is 23.9 Å². The van der Waals surface area contributed by atoms with E-state index in [2.05, 4.69) is 0 Å². The highest BCUT2D eigenvalue weighted by Crippen LogP contribution is 2.76. The van der Waals surface area contributed by atoms with Gasteiger partial charge in [0.25, 0.3) is 0 Å². The Morgan fingerprint density at radius 1 is 1.21 bits per heavy atom. The molecule has 0 radical (unpaired) electrons. The first-order chi connectivity index (χ1) is 8.80. The number of hydrogen-bond acceptors (Lipinski definition) is 6. The third kappa shape index (κ3) is 1.43. The topological polar surface area (TPSA) is 89.9 Å². The molecule has 0 spiro atoms. The molecule has 0 bridgehead atoms. The summed E-state index contributed by atoms with van der Waals surface area (Å²) in [5.41, 5.74) is -4.58. The Morgan fingerprint density at radius 3 is 2.26 bits per heavy atom. The van der Waals surface area contributed by atoms with Crippen molar-refractivity contribution >= 4 is 17.7 Å². The Bertz CT molecular complexity index is 454. The fraction of sp³-hybridized carbons (Fsp3) is 0.769. The van der Waals surface area contributed by atoms with E-state index in [1.165, 1.54) is 6.92 Å². The van der Waals surface area contributed by atoms with Crippen LogP contribution in [0, 0.1) is 10.8 Å². The monoisotopic (exact) mass is 270 g/mol. The molecule has 0 aromatic rings. The summed E-state index contributed by atoms with van der Waals surface area (Å²) in [5.74, 6) is -1.87. The van der Waals surface area contributed by atoms with Gasteiger partial charge in [-0.05, 0) is 27.2 Å². The van der Waals surface area contributed by atoms with Crippen LogP contribution in [0.15, 0.2) is 0 Å². The summed E-state index contributed by atoms with van der Waals surface area (Å²) in [7, 11) is 0. The van der Waals surface area contributed by atoms with Crippen LogP contribution in [0.4, 0.5) is 0 Å². The maximum absolute atomic E-state index is 12.1. The van der Waals surface area contributed by atoms with E-state index < -0.39 is 34.2 Å². The van der Waals surface area contributed by atoms with Gasteiger partial charge >= 0.3 is 11.9 Å². The van der Waals surface area contributed by atoms with Gasteiger partial charge in [0.1, 0.15) is 10.8 Å². The standard InChI is InChI=1S/C13H18O6/c1-4-18-9(15)12-7-13(12,10(16)19-5-2)11(3,17)6-8(12)14/h17H,4-7H2,1-3H3. The van der Waals surface area contributed by atoms with Crippen LogP contribution in [-0.4, -0.2) is 41.6 Å². The van der Waals surface area contributed by atoms with E-state index in [4.69, 9.17) is 9.47 Å². The SMILES string of the molecule is CCOC(=O)C12CC1(C(=O)OCC)C(C)(O)CC2=O. The van der Waals surface area contributed by atoms with Crippen molar-refractivity contribution in [3.05, 3.63) is 0 Å². The Hall–Kier alpha value is -1.43. The van der Waals surface area contributed by atoms with Crippen LogP contribution in [0.25, 0.3) is 0 Å². The second kappa shape index (κ2) is 4.03. The highest BCUT2D eigenvalue weighted by Gasteiger charge is 2.91. The minimum Gasteiger partial charge on any atom is -0.465 e. The molecule has 2 saturated carbocycles. The lowest BCUT2D eigenvalue weighted by Crippen LogP contribution is -2.43. The van der Waals surface area contributed by atoms with Crippen LogP contribution in [0.2, 0.25) is 0 Å². The summed E-state index contributed by atoms with van der Waals surface area (Å²) in [6, 6.07) is 0. The van der Waals surface area contributed by atoms with Crippen molar-refractivity contribution in [1.29, 1.82) is 0 Å². The number of Topliss-reactive ketones (excluding diaryl/α,β-unsaturated/α-hetero) is 1. The second-order valence-electron chi connectivity index (χ2n) is 5.30. The Balaban J connectivity index is 2.43. The molecule has 2 fully saturated rings. The maximum Gasteiger partial charge on any atom is 0.320 e. The van der Waals surface area contributed by atoms with E-state index in [0.29, 0.717) is 0 Å². The number of hydrogen-bond donors (Lipinski definition) is 1. The van der Waals surface area contributed by atoms with Crippen molar-refractivity contribution in [2.24, 2.45) is 10.8 Å². The van der Waals surface area contributed by atoms with Crippen LogP contribution in [0.1, 0.15) is 33.6 Å². The molecule has 0 saturated heterocycles. The van der Waals surface area contributed by atoms with Crippen molar-refractivity contribution in [3.63, 3.8) is 0 Å². The normalized spacial score (nSPS) is 39.7. The van der Waals surface area contributed by atoms with E-state index in [1.807, 2.05) is 0 Å². The Labute approximate surface area is 111 Å². The summed E-state index contributed by atoms with van der Waals surface area (Å²) in [6.45, 7) is 4.91. The molecule has 6 nitrogen and oxygen atoms in total. The van der Waals surface area contributed by atoms with Gasteiger partial charge in [-0.2, -0.15) is 0 Å². The molecule has 2 aliphatic rings. The molecule has 0 aromatic heterocycles. The van der Waals surface area contributed by atoms with Crippen LogP contribution >= 0.6 is 0 Å². The lowest BCUT2D eigenvalue weighted by atomic mass is 9.85. The fourth-order valence-corrected chi connectivity index (χ4v) is 3.29. The van der Waals surface area contributed by atoms with E-state index >= 15 is 0 Å². The lowest BCUT2D eigenvalue weighted by Gasteiger charge is -2.27. The predicted octanol–water partition coefficient (Wildman–Crippen LogP) is 0.213. The van der Waals surface area contributed by atoms with Gasteiger partial charge in [-0.1, -0.05) is 0 Å². The second-order valence-corrected chi connectivity index (χ2v) is 5.30. The molecule has 19 heavy (non-hydrogen) atoms. The summed E-state index contributed by atoms with van der Waals surface area (Å²) in [5, 5.41) is 10.4. The fourth-order valence-electron chi connectivity index (χ4n) is 3.29. The van der Waals surface area contributed by atoms with Crippen molar-refractivity contribution in [1.82, 2.24) is 0 Å². The molecule has 2 rings (SSSR count). The van der Waals surface area contributed by atoms with Crippen LogP contribution in [0.3, 0.4) is 0 Å². The highest BCUT2D eigenvalue weighted by molar-refractivity contribution is 6.17. The largest absolute Gasteiger partial charge is 0.465 e.